The van der Waals surface area contributed by atoms with Crippen molar-refractivity contribution in [3.63, 3.8) is 0 Å². The summed E-state index contributed by atoms with van der Waals surface area (Å²) in [6.07, 6.45) is 3.34. The van der Waals surface area contributed by atoms with Gasteiger partial charge in [-0.1, -0.05) is 29.8 Å². The Morgan fingerprint density at radius 3 is 2.60 bits per heavy atom. The Morgan fingerprint density at radius 1 is 1.03 bits per heavy atom. The molecule has 2 aromatic rings. The van der Waals surface area contributed by atoms with E-state index in [2.05, 4.69) is 5.32 Å². The third-order valence-electron chi connectivity index (χ3n) is 5.01. The Hall–Kier alpha value is -3.03. The molecular weight excluding hydrogens is 406 g/mol. The molecular formula is C22H22ClN3O4. The van der Waals surface area contributed by atoms with Crippen LogP contribution in [-0.4, -0.2) is 61.1 Å². The number of fused-ring (bicyclic) bond motifs is 1. The van der Waals surface area contributed by atoms with Gasteiger partial charge in [0.25, 0.3) is 0 Å². The van der Waals surface area contributed by atoms with Gasteiger partial charge in [0.1, 0.15) is 0 Å². The van der Waals surface area contributed by atoms with Crippen LogP contribution in [0.5, 0.6) is 11.5 Å². The van der Waals surface area contributed by atoms with Crippen molar-refractivity contribution in [2.24, 2.45) is 0 Å². The van der Waals surface area contributed by atoms with Crippen molar-refractivity contribution in [3.8, 4) is 11.5 Å². The molecule has 2 heterocycles. The second-order valence-corrected chi connectivity index (χ2v) is 7.48. The summed E-state index contributed by atoms with van der Waals surface area (Å²) >= 11 is 6.07. The maximum atomic E-state index is 12.5. The smallest absolute Gasteiger partial charge is 0.246 e. The molecule has 1 N–H and O–H groups in total. The fourth-order valence-corrected chi connectivity index (χ4v) is 3.55. The van der Waals surface area contributed by atoms with E-state index in [1.54, 1.807) is 29.2 Å². The summed E-state index contributed by atoms with van der Waals surface area (Å²) in [4.78, 5) is 28.6. The van der Waals surface area contributed by atoms with E-state index < -0.39 is 0 Å². The van der Waals surface area contributed by atoms with Gasteiger partial charge in [-0.25, -0.2) is 0 Å². The van der Waals surface area contributed by atoms with Crippen molar-refractivity contribution in [2.45, 2.75) is 0 Å². The number of benzene rings is 2. The number of ether oxygens (including phenoxy) is 2. The number of anilines is 1. The molecule has 0 radical (unpaired) electrons. The second kappa shape index (κ2) is 9.19. The summed E-state index contributed by atoms with van der Waals surface area (Å²) in [5.41, 5.74) is 1.48. The Morgan fingerprint density at radius 2 is 1.80 bits per heavy atom. The number of hydrogen-bond acceptors (Lipinski definition) is 5. The molecule has 1 fully saturated rings. The number of nitrogens with one attached hydrogen (secondary N) is 1. The van der Waals surface area contributed by atoms with Crippen LogP contribution >= 0.6 is 11.6 Å². The predicted molar refractivity (Wildman–Crippen MR) is 115 cm³/mol. The summed E-state index contributed by atoms with van der Waals surface area (Å²) in [6, 6.07) is 12.7. The number of para-hydroxylation sites is 1. The molecule has 2 aromatic carbocycles. The number of hydrogen-bond donors (Lipinski definition) is 1. The first kappa shape index (κ1) is 20.3. The fraction of sp³-hybridized carbons (Fsp3) is 0.273. The number of rotatable bonds is 5. The normalized spacial score (nSPS) is 16.1. The Labute approximate surface area is 179 Å². The number of nitrogens with zero attached hydrogens (tertiary/aromatic N) is 2. The quantitative estimate of drug-likeness (QED) is 0.743. The van der Waals surface area contributed by atoms with Gasteiger partial charge in [-0.3, -0.25) is 14.5 Å². The van der Waals surface area contributed by atoms with Gasteiger partial charge in [0.05, 0.1) is 17.3 Å². The Balaban J connectivity index is 1.24. The molecule has 0 atom stereocenters. The zero-order chi connectivity index (χ0) is 20.9. The van der Waals surface area contributed by atoms with E-state index >= 15 is 0 Å². The SMILES string of the molecule is O=C(CN1CCN(C(=O)/C=C/c2ccc3c(c2)OCO3)CC1)Nc1ccccc1Cl. The lowest BCUT2D eigenvalue weighted by Gasteiger charge is -2.33. The zero-order valence-electron chi connectivity index (χ0n) is 16.3. The van der Waals surface area contributed by atoms with E-state index in [0.29, 0.717) is 48.4 Å². The molecule has 2 amide bonds. The minimum Gasteiger partial charge on any atom is -0.454 e. The summed E-state index contributed by atoms with van der Waals surface area (Å²) in [7, 11) is 0. The molecule has 4 rings (SSSR count). The topological polar surface area (TPSA) is 71.1 Å². The van der Waals surface area contributed by atoms with Crippen LogP contribution in [0.3, 0.4) is 0 Å². The largest absolute Gasteiger partial charge is 0.454 e. The monoisotopic (exact) mass is 427 g/mol. The van der Waals surface area contributed by atoms with E-state index in [-0.39, 0.29) is 25.2 Å². The summed E-state index contributed by atoms with van der Waals surface area (Å²) in [6.45, 7) is 2.91. The van der Waals surface area contributed by atoms with Gasteiger partial charge in [0.2, 0.25) is 18.6 Å². The Kier molecular flexibility index (Phi) is 6.21. The molecule has 0 spiro atoms. The van der Waals surface area contributed by atoms with Crippen LogP contribution in [0.25, 0.3) is 6.08 Å². The summed E-state index contributed by atoms with van der Waals surface area (Å²) in [5.74, 6) is 1.24. The minimum atomic E-state index is -0.120. The Bertz CT molecular complexity index is 971. The van der Waals surface area contributed by atoms with Crippen LogP contribution < -0.4 is 14.8 Å². The van der Waals surface area contributed by atoms with E-state index in [4.69, 9.17) is 21.1 Å². The standard InChI is InChI=1S/C22H22ClN3O4/c23-17-3-1-2-4-18(17)24-21(27)14-25-9-11-26(12-10-25)22(28)8-6-16-5-7-19-20(13-16)30-15-29-19/h1-8,13H,9-12,14-15H2,(H,24,27)/b8-6+. The van der Waals surface area contributed by atoms with Gasteiger partial charge in [-0.2, -0.15) is 0 Å². The van der Waals surface area contributed by atoms with Gasteiger partial charge < -0.3 is 19.7 Å². The lowest BCUT2D eigenvalue weighted by molar-refractivity contribution is -0.127. The molecule has 8 heteroatoms. The van der Waals surface area contributed by atoms with Crippen LogP contribution in [0.2, 0.25) is 5.02 Å². The molecule has 0 saturated carbocycles. The highest BCUT2D eigenvalue weighted by molar-refractivity contribution is 6.33. The third kappa shape index (κ3) is 4.93. The fourth-order valence-electron chi connectivity index (χ4n) is 3.37. The van der Waals surface area contributed by atoms with E-state index in [9.17, 15) is 9.59 Å². The van der Waals surface area contributed by atoms with Crippen molar-refractivity contribution < 1.29 is 19.1 Å². The number of amides is 2. The minimum absolute atomic E-state index is 0.0483. The van der Waals surface area contributed by atoms with Crippen molar-refractivity contribution in [1.29, 1.82) is 0 Å². The van der Waals surface area contributed by atoms with Crippen LogP contribution in [0.4, 0.5) is 5.69 Å². The van der Waals surface area contributed by atoms with Crippen LogP contribution in [0, 0.1) is 0 Å². The molecule has 156 valence electrons. The van der Waals surface area contributed by atoms with Gasteiger partial charge >= 0.3 is 0 Å². The average molecular weight is 428 g/mol. The van der Waals surface area contributed by atoms with Gasteiger partial charge in [-0.15, -0.1) is 0 Å². The highest BCUT2D eigenvalue weighted by atomic mass is 35.5. The summed E-state index contributed by atoms with van der Waals surface area (Å²) in [5, 5.41) is 3.33. The molecule has 0 bridgehead atoms. The number of carbonyl (C=O) groups is 2. The maximum Gasteiger partial charge on any atom is 0.246 e. The van der Waals surface area contributed by atoms with Crippen molar-refractivity contribution in [3.05, 3.63) is 59.1 Å². The molecule has 1 saturated heterocycles. The number of halogens is 1. The van der Waals surface area contributed by atoms with Gasteiger partial charge in [0.15, 0.2) is 11.5 Å². The first-order valence-electron chi connectivity index (χ1n) is 9.72. The number of carbonyl (C=O) groups excluding carboxylic acids is 2. The summed E-state index contributed by atoms with van der Waals surface area (Å²) < 4.78 is 10.6. The highest BCUT2D eigenvalue weighted by Gasteiger charge is 2.21. The van der Waals surface area contributed by atoms with Crippen LogP contribution in [-0.2, 0) is 9.59 Å². The van der Waals surface area contributed by atoms with Gasteiger partial charge in [-0.05, 0) is 35.9 Å². The first-order chi connectivity index (χ1) is 14.6. The molecule has 30 heavy (non-hydrogen) atoms. The molecule has 0 aromatic heterocycles. The second-order valence-electron chi connectivity index (χ2n) is 7.08. The van der Waals surface area contributed by atoms with Crippen molar-refractivity contribution in [1.82, 2.24) is 9.80 Å². The van der Waals surface area contributed by atoms with Crippen molar-refractivity contribution >= 4 is 35.2 Å². The van der Waals surface area contributed by atoms with E-state index in [0.717, 1.165) is 5.56 Å². The van der Waals surface area contributed by atoms with Crippen LogP contribution in [0.1, 0.15) is 5.56 Å². The zero-order valence-corrected chi connectivity index (χ0v) is 17.1. The molecule has 2 aliphatic heterocycles. The third-order valence-corrected chi connectivity index (χ3v) is 5.34. The molecule has 0 unspecified atom stereocenters. The lowest BCUT2D eigenvalue weighted by Crippen LogP contribution is -2.50. The maximum absolute atomic E-state index is 12.5. The molecule has 2 aliphatic rings. The van der Waals surface area contributed by atoms with Crippen molar-refractivity contribution in [2.75, 3.05) is 44.8 Å². The number of piperazine rings is 1. The van der Waals surface area contributed by atoms with Gasteiger partial charge in [0, 0.05) is 32.3 Å². The molecule has 0 aliphatic carbocycles. The van der Waals surface area contributed by atoms with E-state index in [1.807, 2.05) is 35.2 Å². The highest BCUT2D eigenvalue weighted by Crippen LogP contribution is 2.32. The van der Waals surface area contributed by atoms with Crippen LogP contribution in [0.15, 0.2) is 48.5 Å². The predicted octanol–water partition coefficient (Wildman–Crippen LogP) is 2.86. The van der Waals surface area contributed by atoms with E-state index in [1.165, 1.54) is 0 Å². The molecule has 7 nitrogen and oxygen atoms in total. The lowest BCUT2D eigenvalue weighted by atomic mass is 10.2. The first-order valence-corrected chi connectivity index (χ1v) is 10.1. The average Bonchev–Trinajstić information content (AvgIpc) is 3.22.